The van der Waals surface area contributed by atoms with Crippen LogP contribution >= 0.6 is 0 Å². The van der Waals surface area contributed by atoms with Gasteiger partial charge in [0.2, 0.25) is 11.8 Å². The van der Waals surface area contributed by atoms with E-state index >= 15 is 0 Å². The number of nitrogens with zero attached hydrogens (tertiary/aromatic N) is 1. The molecule has 1 aromatic carbocycles. The fraction of sp³-hybridized carbons (Fsp3) is 0.600. The molecule has 0 aliphatic carbocycles. The summed E-state index contributed by atoms with van der Waals surface area (Å²) in [4.78, 5) is 26.7. The molecule has 5 heteroatoms. The smallest absolute Gasteiger partial charge is 0.245 e. The Hall–Kier alpha value is -1.88. The van der Waals surface area contributed by atoms with E-state index in [1.807, 2.05) is 13.8 Å². The number of amides is 2. The molecule has 1 unspecified atom stereocenters. The highest BCUT2D eigenvalue weighted by Gasteiger charge is 2.46. The zero-order valence-corrected chi connectivity index (χ0v) is 15.6. The van der Waals surface area contributed by atoms with E-state index in [9.17, 15) is 9.59 Å². The van der Waals surface area contributed by atoms with Crippen molar-refractivity contribution in [3.05, 3.63) is 35.4 Å². The fourth-order valence-electron chi connectivity index (χ4n) is 3.21. The van der Waals surface area contributed by atoms with Crippen LogP contribution in [0.2, 0.25) is 0 Å². The van der Waals surface area contributed by atoms with Crippen LogP contribution in [0, 0.1) is 6.92 Å². The summed E-state index contributed by atoms with van der Waals surface area (Å²) in [5, 5.41) is 2.97. The van der Waals surface area contributed by atoms with E-state index in [1.54, 1.807) is 4.90 Å². The third kappa shape index (κ3) is 5.05. The lowest BCUT2D eigenvalue weighted by Crippen LogP contribution is -2.55. The average molecular weight is 346 g/mol. The lowest BCUT2D eigenvalue weighted by Gasteiger charge is -2.34. The quantitative estimate of drug-likeness (QED) is 0.699. The number of hydrogen-bond acceptors (Lipinski definition) is 3. The van der Waals surface area contributed by atoms with Gasteiger partial charge in [0.05, 0.1) is 0 Å². The number of ether oxygens (including phenoxy) is 1. The van der Waals surface area contributed by atoms with Crippen LogP contribution in [0.5, 0.6) is 0 Å². The van der Waals surface area contributed by atoms with Gasteiger partial charge in [-0.3, -0.25) is 9.59 Å². The number of aryl methyl sites for hydroxylation is 1. The van der Waals surface area contributed by atoms with Gasteiger partial charge in [-0.25, -0.2) is 0 Å². The number of likely N-dealkylation sites (tertiary alicyclic amines) is 1. The van der Waals surface area contributed by atoms with E-state index in [0.717, 1.165) is 12.8 Å². The number of hydrogen-bond donors (Lipinski definition) is 1. The second-order valence-electron chi connectivity index (χ2n) is 6.86. The molecule has 0 aromatic heterocycles. The molecule has 1 atom stereocenters. The molecule has 5 nitrogen and oxygen atoms in total. The largest absolute Gasteiger partial charge is 0.382 e. The van der Waals surface area contributed by atoms with Gasteiger partial charge in [0.25, 0.3) is 0 Å². The molecule has 2 amide bonds. The maximum atomic E-state index is 12.7. The zero-order chi connectivity index (χ0) is 18.3. The summed E-state index contributed by atoms with van der Waals surface area (Å²) >= 11 is 0. The van der Waals surface area contributed by atoms with Crippen molar-refractivity contribution < 1.29 is 14.3 Å². The number of benzene rings is 1. The molecule has 1 aliphatic heterocycles. The highest BCUT2D eigenvalue weighted by molar-refractivity contribution is 5.94. The minimum absolute atomic E-state index is 0.0567. The first-order valence-electron chi connectivity index (χ1n) is 9.19. The van der Waals surface area contributed by atoms with Gasteiger partial charge in [-0.15, -0.1) is 0 Å². The molecule has 25 heavy (non-hydrogen) atoms. The number of nitrogens with one attached hydrogen (secondary N) is 1. The molecule has 1 fully saturated rings. The molecule has 0 radical (unpaired) electrons. The molecule has 1 aliphatic rings. The van der Waals surface area contributed by atoms with Crippen LogP contribution in [0.15, 0.2) is 24.3 Å². The second-order valence-corrected chi connectivity index (χ2v) is 6.86. The summed E-state index contributed by atoms with van der Waals surface area (Å²) in [6, 6.07) is 8.32. The molecular weight excluding hydrogens is 316 g/mol. The van der Waals surface area contributed by atoms with Crippen LogP contribution in [0.1, 0.15) is 44.2 Å². The van der Waals surface area contributed by atoms with E-state index in [1.165, 1.54) is 11.1 Å². The Morgan fingerprint density at radius 2 is 2.04 bits per heavy atom. The van der Waals surface area contributed by atoms with Gasteiger partial charge in [0.1, 0.15) is 5.54 Å². The molecule has 1 saturated heterocycles. The Bertz CT molecular complexity index is 585. The molecule has 0 saturated carbocycles. The molecule has 1 N–H and O–H groups in total. The monoisotopic (exact) mass is 346 g/mol. The molecule has 1 heterocycles. The average Bonchev–Trinajstić information content (AvgIpc) is 2.90. The third-order valence-electron chi connectivity index (χ3n) is 4.91. The van der Waals surface area contributed by atoms with Crippen molar-refractivity contribution in [1.82, 2.24) is 10.2 Å². The lowest BCUT2D eigenvalue weighted by molar-refractivity contribution is -0.140. The molecule has 138 valence electrons. The Morgan fingerprint density at radius 3 is 2.72 bits per heavy atom. The first-order valence-corrected chi connectivity index (χ1v) is 9.19. The lowest BCUT2D eigenvalue weighted by atomic mass is 9.97. The molecular formula is C20H30N2O3. The van der Waals surface area contributed by atoms with Gasteiger partial charge >= 0.3 is 0 Å². The van der Waals surface area contributed by atoms with E-state index in [2.05, 4.69) is 36.5 Å². The van der Waals surface area contributed by atoms with Gasteiger partial charge in [0, 0.05) is 32.7 Å². The van der Waals surface area contributed by atoms with E-state index < -0.39 is 5.54 Å². The van der Waals surface area contributed by atoms with Crippen molar-refractivity contribution in [2.75, 3.05) is 26.3 Å². The van der Waals surface area contributed by atoms with E-state index in [0.29, 0.717) is 39.1 Å². The Kier molecular flexibility index (Phi) is 7.00. The first kappa shape index (κ1) is 19.4. The summed E-state index contributed by atoms with van der Waals surface area (Å²) in [6.45, 7) is 8.37. The summed E-state index contributed by atoms with van der Waals surface area (Å²) in [7, 11) is 0. The Labute approximate surface area is 150 Å². The predicted molar refractivity (Wildman–Crippen MR) is 98.4 cm³/mol. The van der Waals surface area contributed by atoms with Crippen LogP contribution in [0.25, 0.3) is 0 Å². The van der Waals surface area contributed by atoms with Crippen LogP contribution < -0.4 is 5.32 Å². The van der Waals surface area contributed by atoms with Crippen LogP contribution in [0.3, 0.4) is 0 Å². The van der Waals surface area contributed by atoms with Crippen molar-refractivity contribution in [2.24, 2.45) is 0 Å². The minimum Gasteiger partial charge on any atom is -0.382 e. The van der Waals surface area contributed by atoms with Crippen LogP contribution in [0.4, 0.5) is 0 Å². The van der Waals surface area contributed by atoms with Crippen LogP contribution in [-0.2, 0) is 20.7 Å². The summed E-state index contributed by atoms with van der Waals surface area (Å²) in [6.07, 6.45) is 2.57. The van der Waals surface area contributed by atoms with E-state index in [4.69, 9.17) is 4.74 Å². The van der Waals surface area contributed by atoms with Gasteiger partial charge < -0.3 is 15.0 Å². The number of carbonyl (C=O) groups excluding carboxylic acids is 2. The number of carbonyl (C=O) groups is 2. The zero-order valence-electron chi connectivity index (χ0n) is 15.6. The standard InChI is InChI=1S/C20H30N2O3/c1-4-25-15-5-13-21-19(24)20(3)12-10-18(23)22(20)14-11-17-8-6-16(2)7-9-17/h6-9H,4-5,10-15H2,1-3H3,(H,21,24). The normalized spacial score (nSPS) is 20.1. The molecule has 0 bridgehead atoms. The molecule has 0 spiro atoms. The van der Waals surface area contributed by atoms with Crippen LogP contribution in [-0.4, -0.2) is 48.6 Å². The topological polar surface area (TPSA) is 58.6 Å². The Morgan fingerprint density at radius 1 is 1.32 bits per heavy atom. The first-order chi connectivity index (χ1) is 12.0. The fourth-order valence-corrected chi connectivity index (χ4v) is 3.21. The van der Waals surface area contributed by atoms with Crippen molar-refractivity contribution in [3.8, 4) is 0 Å². The summed E-state index contributed by atoms with van der Waals surface area (Å²) in [5.74, 6) is 0.0119. The minimum atomic E-state index is -0.743. The second kappa shape index (κ2) is 8.99. The van der Waals surface area contributed by atoms with Gasteiger partial charge in [-0.1, -0.05) is 29.8 Å². The number of rotatable bonds is 9. The van der Waals surface area contributed by atoms with Gasteiger partial charge in [-0.2, -0.15) is 0 Å². The SMILES string of the molecule is CCOCCCNC(=O)C1(C)CCC(=O)N1CCc1ccc(C)cc1. The molecule has 1 aromatic rings. The van der Waals surface area contributed by atoms with E-state index in [-0.39, 0.29) is 11.8 Å². The summed E-state index contributed by atoms with van der Waals surface area (Å²) in [5.41, 5.74) is 1.66. The van der Waals surface area contributed by atoms with Crippen molar-refractivity contribution in [2.45, 2.75) is 52.0 Å². The van der Waals surface area contributed by atoms with Crippen molar-refractivity contribution >= 4 is 11.8 Å². The highest BCUT2D eigenvalue weighted by Crippen LogP contribution is 2.30. The molecule has 2 rings (SSSR count). The third-order valence-corrected chi connectivity index (χ3v) is 4.91. The maximum absolute atomic E-state index is 12.7. The van der Waals surface area contributed by atoms with Gasteiger partial charge in [0.15, 0.2) is 0 Å². The maximum Gasteiger partial charge on any atom is 0.245 e. The Balaban J connectivity index is 1.91. The van der Waals surface area contributed by atoms with Crippen molar-refractivity contribution in [3.63, 3.8) is 0 Å². The van der Waals surface area contributed by atoms with Gasteiger partial charge in [-0.05, 0) is 45.6 Å². The predicted octanol–water partition coefficient (Wildman–Crippen LogP) is 2.46. The van der Waals surface area contributed by atoms with Crippen molar-refractivity contribution in [1.29, 1.82) is 0 Å². The highest BCUT2D eigenvalue weighted by atomic mass is 16.5. The summed E-state index contributed by atoms with van der Waals surface area (Å²) < 4.78 is 5.28.